The zero-order valence-corrected chi connectivity index (χ0v) is 6.42. The molecule has 0 aliphatic heterocycles. The van der Waals surface area contributed by atoms with Crippen LogP contribution in [0.15, 0.2) is 0 Å². The van der Waals surface area contributed by atoms with Gasteiger partial charge in [-0.05, 0) is 0 Å². The Bertz CT molecular complexity index is 8.49. The molecule has 0 aromatic carbocycles. The first-order valence-electron chi connectivity index (χ1n) is 0. The van der Waals surface area contributed by atoms with Crippen LogP contribution >= 0.6 is 0 Å². The van der Waals surface area contributed by atoms with E-state index in [1.807, 2.05) is 0 Å². The van der Waals surface area contributed by atoms with Gasteiger partial charge in [0.15, 0.2) is 0 Å². The molecule has 8 heavy (non-hydrogen) atoms. The van der Waals surface area contributed by atoms with E-state index >= 15 is 0 Å². The predicted octanol–water partition coefficient (Wildman–Crippen LogP) is -7.95. The minimum atomic E-state index is 0. The number of halogens is 1. The van der Waals surface area contributed by atoms with Crippen molar-refractivity contribution in [1.29, 1.82) is 0 Å². The van der Waals surface area contributed by atoms with Gasteiger partial charge in [0, 0.05) is 0 Å². The molecular formula is H12BrFeO6+2. The summed E-state index contributed by atoms with van der Waals surface area (Å²) in [5.41, 5.74) is 0. The SMILES string of the molecule is O.O.O.O.O.O.[Br-].[Fe+3]. The van der Waals surface area contributed by atoms with E-state index in [-0.39, 0.29) is 66.9 Å². The second-order valence-electron chi connectivity index (χ2n) is 0. The molecule has 61 valence electrons. The van der Waals surface area contributed by atoms with Gasteiger partial charge in [0.05, 0.1) is 0 Å². The summed E-state index contributed by atoms with van der Waals surface area (Å²) in [4.78, 5) is 0. The van der Waals surface area contributed by atoms with Crippen LogP contribution in [0, 0.1) is 0 Å². The van der Waals surface area contributed by atoms with Crippen molar-refractivity contribution in [1.82, 2.24) is 0 Å². The Kier molecular flexibility index (Phi) is 70300. The zero-order chi connectivity index (χ0) is 0. The van der Waals surface area contributed by atoms with E-state index in [9.17, 15) is 0 Å². The topological polar surface area (TPSA) is 189 Å². The smallest absolute Gasteiger partial charge is 1.00 e. The minimum absolute atomic E-state index is 0. The molecule has 0 aliphatic carbocycles. The molecule has 0 aromatic heterocycles. The van der Waals surface area contributed by atoms with Crippen molar-refractivity contribution < 1.29 is 66.9 Å². The molecule has 0 amide bonds. The van der Waals surface area contributed by atoms with E-state index < -0.39 is 0 Å². The molecule has 0 aromatic rings. The summed E-state index contributed by atoms with van der Waals surface area (Å²) in [7, 11) is 0. The molecule has 0 bridgehead atoms. The van der Waals surface area contributed by atoms with Crippen molar-refractivity contribution >= 4 is 0 Å². The molecule has 6 nitrogen and oxygen atoms in total. The molecule has 0 heterocycles. The first kappa shape index (κ1) is 914. The van der Waals surface area contributed by atoms with Crippen LogP contribution in [-0.2, 0) is 17.1 Å². The van der Waals surface area contributed by atoms with Crippen molar-refractivity contribution in [2.45, 2.75) is 0 Å². The Morgan fingerprint density at radius 3 is 0.375 bits per heavy atom. The molecule has 0 atom stereocenters. The van der Waals surface area contributed by atoms with Gasteiger partial charge in [-0.1, -0.05) is 0 Å². The maximum Gasteiger partial charge on any atom is 3.00 e. The van der Waals surface area contributed by atoms with Crippen LogP contribution in [0.5, 0.6) is 0 Å². The fraction of sp³-hybridized carbons (Fsp3) is 0. The van der Waals surface area contributed by atoms with E-state index in [4.69, 9.17) is 0 Å². The first-order chi connectivity index (χ1) is 0. The zero-order valence-electron chi connectivity index (χ0n) is 3.73. The molecule has 0 rings (SSSR count). The fourth-order valence-electron chi connectivity index (χ4n) is 0. The average molecular weight is 244 g/mol. The van der Waals surface area contributed by atoms with Crippen LogP contribution < -0.4 is 17.0 Å². The van der Waals surface area contributed by atoms with Crippen molar-refractivity contribution in [2.75, 3.05) is 0 Å². The van der Waals surface area contributed by atoms with Crippen LogP contribution in [0.25, 0.3) is 0 Å². The maximum absolute atomic E-state index is 0. The van der Waals surface area contributed by atoms with Gasteiger partial charge in [-0.25, -0.2) is 0 Å². The third-order valence-electron chi connectivity index (χ3n) is 0. The molecule has 0 saturated carbocycles. The second kappa shape index (κ2) is 615. The van der Waals surface area contributed by atoms with Crippen molar-refractivity contribution in [3.63, 3.8) is 0 Å². The Hall–Kier alpha value is 0.759. The molecule has 0 aliphatic rings. The van der Waals surface area contributed by atoms with E-state index in [0.29, 0.717) is 0 Å². The third-order valence-corrected chi connectivity index (χ3v) is 0. The molecule has 12 N–H and O–H groups in total. The summed E-state index contributed by atoms with van der Waals surface area (Å²) < 4.78 is 0. The number of hydrogen-bond acceptors (Lipinski definition) is 0. The van der Waals surface area contributed by atoms with Crippen molar-refractivity contribution in [3.05, 3.63) is 0 Å². The van der Waals surface area contributed by atoms with Gasteiger partial charge in [-0.2, -0.15) is 0 Å². The van der Waals surface area contributed by atoms with E-state index in [1.165, 1.54) is 0 Å². The predicted molar refractivity (Wildman–Crippen MR) is 21.7 cm³/mol. The third kappa shape index (κ3) is 389. The Labute approximate surface area is 67.4 Å². The molecule has 0 unspecified atom stereocenters. The first-order valence-corrected chi connectivity index (χ1v) is 0. The van der Waals surface area contributed by atoms with E-state index in [0.717, 1.165) is 0 Å². The second-order valence-corrected chi connectivity index (χ2v) is 0. The minimum Gasteiger partial charge on any atom is -1.00 e. The molecule has 0 fully saturated rings. The van der Waals surface area contributed by atoms with Crippen molar-refractivity contribution in [2.24, 2.45) is 0 Å². The van der Waals surface area contributed by atoms with E-state index in [1.54, 1.807) is 0 Å². The van der Waals surface area contributed by atoms with Gasteiger partial charge in [-0.3, -0.25) is 0 Å². The van der Waals surface area contributed by atoms with Crippen molar-refractivity contribution in [3.8, 4) is 0 Å². The summed E-state index contributed by atoms with van der Waals surface area (Å²) in [6.07, 6.45) is 0. The van der Waals surface area contributed by atoms with Crippen LogP contribution in [0.4, 0.5) is 0 Å². The normalized spacial score (nSPS) is 0. The largest absolute Gasteiger partial charge is 3.00 e. The number of rotatable bonds is 0. The summed E-state index contributed by atoms with van der Waals surface area (Å²) in [6.45, 7) is 0. The van der Waals surface area contributed by atoms with Gasteiger partial charge in [0.25, 0.3) is 0 Å². The van der Waals surface area contributed by atoms with Crippen LogP contribution in [0.2, 0.25) is 0 Å². The Balaban J connectivity index is 0. The van der Waals surface area contributed by atoms with Crippen LogP contribution in [0.3, 0.4) is 0 Å². The average Bonchev–Trinajstić information content (AvgIpc) is 0. The summed E-state index contributed by atoms with van der Waals surface area (Å²) >= 11 is 0. The molecule has 1 radical (unpaired) electrons. The molecule has 0 spiro atoms. The number of hydrogen-bond donors (Lipinski definition) is 0. The van der Waals surface area contributed by atoms with Gasteiger partial charge < -0.3 is 49.8 Å². The van der Waals surface area contributed by atoms with E-state index in [2.05, 4.69) is 0 Å². The van der Waals surface area contributed by atoms with Crippen LogP contribution in [-0.4, -0.2) is 32.9 Å². The Morgan fingerprint density at radius 1 is 0.375 bits per heavy atom. The summed E-state index contributed by atoms with van der Waals surface area (Å²) in [5, 5.41) is 0. The van der Waals surface area contributed by atoms with Gasteiger partial charge in [-0.15, -0.1) is 0 Å². The maximum atomic E-state index is 0. The van der Waals surface area contributed by atoms with Gasteiger partial charge in [0.1, 0.15) is 0 Å². The monoisotopic (exact) mass is 243 g/mol. The molecular weight excluding hydrogens is 232 g/mol. The standard InChI is InChI=1S/BrH.Fe.6H2O/h1H;;6*1H2/q;+3;;;;;;/p-1. The molecule has 0 saturated heterocycles. The van der Waals surface area contributed by atoms with Gasteiger partial charge >= 0.3 is 17.1 Å². The quantitative estimate of drug-likeness (QED) is 0.366. The Morgan fingerprint density at radius 2 is 0.375 bits per heavy atom. The molecule has 8 heteroatoms. The van der Waals surface area contributed by atoms with Gasteiger partial charge in [0.2, 0.25) is 0 Å². The summed E-state index contributed by atoms with van der Waals surface area (Å²) in [5.74, 6) is 0. The van der Waals surface area contributed by atoms with Crippen LogP contribution in [0.1, 0.15) is 0 Å². The summed E-state index contributed by atoms with van der Waals surface area (Å²) in [6, 6.07) is 0. The fourth-order valence-corrected chi connectivity index (χ4v) is 0.